The molecule has 2 aromatic rings. The van der Waals surface area contributed by atoms with Gasteiger partial charge in [0.1, 0.15) is 11.3 Å². The Balaban J connectivity index is 1.63. The maximum Gasteiger partial charge on any atom is 0.256 e. The number of carbonyl (C=O) groups excluding carboxylic acids is 1. The summed E-state index contributed by atoms with van der Waals surface area (Å²) < 4.78 is 4.92. The van der Waals surface area contributed by atoms with Gasteiger partial charge in [-0.2, -0.15) is 0 Å². The maximum absolute atomic E-state index is 12.3. The quantitative estimate of drug-likeness (QED) is 0.839. The summed E-state index contributed by atoms with van der Waals surface area (Å²) in [5, 5.41) is 16.2. The molecule has 1 aliphatic rings. The van der Waals surface area contributed by atoms with Crippen LogP contribution in [0.4, 0.5) is 0 Å². The zero-order valence-electron chi connectivity index (χ0n) is 13.0. The summed E-state index contributed by atoms with van der Waals surface area (Å²) in [4.78, 5) is 18.8. The number of likely N-dealkylation sites (tertiary alicyclic amines) is 1. The maximum atomic E-state index is 12.3. The first-order chi connectivity index (χ1) is 11.2. The van der Waals surface area contributed by atoms with Gasteiger partial charge in [0.15, 0.2) is 0 Å². The summed E-state index contributed by atoms with van der Waals surface area (Å²) in [6.45, 7) is 3.84. The average molecular weight is 316 g/mol. The van der Waals surface area contributed by atoms with E-state index in [-0.39, 0.29) is 24.5 Å². The predicted molar refractivity (Wildman–Crippen MR) is 82.6 cm³/mol. The van der Waals surface area contributed by atoms with Gasteiger partial charge in [-0.05, 0) is 19.1 Å². The number of aryl methyl sites for hydroxylation is 1. The van der Waals surface area contributed by atoms with Gasteiger partial charge >= 0.3 is 0 Å². The largest absolute Gasteiger partial charge is 0.396 e. The van der Waals surface area contributed by atoms with Crippen LogP contribution in [0.15, 0.2) is 35.1 Å². The Hall–Kier alpha value is -2.25. The van der Waals surface area contributed by atoms with Crippen molar-refractivity contribution in [1.29, 1.82) is 0 Å². The molecule has 2 N–H and O–H groups in total. The van der Waals surface area contributed by atoms with E-state index in [0.29, 0.717) is 24.4 Å². The van der Waals surface area contributed by atoms with E-state index in [1.807, 2.05) is 18.2 Å². The fraction of sp³-hybridized carbons (Fsp3) is 0.438. The van der Waals surface area contributed by atoms with Gasteiger partial charge in [0.25, 0.3) is 5.91 Å². The smallest absolute Gasteiger partial charge is 0.256 e. The van der Waals surface area contributed by atoms with Crippen LogP contribution in [0.2, 0.25) is 0 Å². The Morgan fingerprint density at radius 2 is 2.35 bits per heavy atom. The molecular weight excluding hydrogens is 296 g/mol. The number of rotatable bonds is 5. The van der Waals surface area contributed by atoms with Crippen LogP contribution in [0.25, 0.3) is 0 Å². The van der Waals surface area contributed by atoms with Crippen molar-refractivity contribution in [2.45, 2.75) is 19.5 Å². The first kappa shape index (κ1) is 15.6. The molecule has 23 heavy (non-hydrogen) atoms. The second-order valence-corrected chi connectivity index (χ2v) is 5.83. The Labute approximate surface area is 134 Å². The minimum atomic E-state index is -0.216. The lowest BCUT2D eigenvalue weighted by Crippen LogP contribution is -2.41. The monoisotopic (exact) mass is 316 g/mol. The average Bonchev–Trinajstić information content (AvgIpc) is 3.14. The van der Waals surface area contributed by atoms with E-state index in [1.165, 1.54) is 6.20 Å². The van der Waals surface area contributed by atoms with Gasteiger partial charge < -0.3 is 14.9 Å². The van der Waals surface area contributed by atoms with Crippen LogP contribution in [0.1, 0.15) is 21.8 Å². The van der Waals surface area contributed by atoms with E-state index in [2.05, 4.69) is 20.4 Å². The third-order valence-corrected chi connectivity index (χ3v) is 4.17. The Kier molecular flexibility index (Phi) is 4.68. The van der Waals surface area contributed by atoms with Crippen molar-refractivity contribution in [3.05, 3.63) is 47.6 Å². The molecule has 1 fully saturated rings. The zero-order chi connectivity index (χ0) is 16.2. The number of hydrogen-bond acceptors (Lipinski definition) is 6. The lowest BCUT2D eigenvalue weighted by atomic mass is 10.0. The number of hydrogen-bond donors (Lipinski definition) is 2. The van der Waals surface area contributed by atoms with Crippen molar-refractivity contribution < 1.29 is 14.4 Å². The van der Waals surface area contributed by atoms with E-state index < -0.39 is 0 Å². The van der Waals surface area contributed by atoms with Crippen LogP contribution < -0.4 is 5.32 Å². The molecule has 2 aromatic heterocycles. The van der Waals surface area contributed by atoms with Gasteiger partial charge in [-0.15, -0.1) is 0 Å². The van der Waals surface area contributed by atoms with Crippen LogP contribution in [-0.4, -0.2) is 51.8 Å². The third-order valence-electron chi connectivity index (χ3n) is 4.17. The molecule has 3 rings (SSSR count). The summed E-state index contributed by atoms with van der Waals surface area (Å²) in [6, 6.07) is 5.70. The van der Waals surface area contributed by atoms with Gasteiger partial charge in [-0.25, -0.2) is 0 Å². The van der Waals surface area contributed by atoms with Crippen molar-refractivity contribution in [2.24, 2.45) is 5.92 Å². The number of aliphatic hydroxyl groups excluding tert-OH is 1. The first-order valence-corrected chi connectivity index (χ1v) is 7.62. The molecule has 7 nitrogen and oxygen atoms in total. The predicted octanol–water partition coefficient (Wildman–Crippen LogP) is 0.601. The number of pyridine rings is 1. The molecule has 2 atom stereocenters. The van der Waals surface area contributed by atoms with Gasteiger partial charge in [0, 0.05) is 44.4 Å². The minimum Gasteiger partial charge on any atom is -0.396 e. The fourth-order valence-corrected chi connectivity index (χ4v) is 2.92. The van der Waals surface area contributed by atoms with Gasteiger partial charge in [0.2, 0.25) is 0 Å². The van der Waals surface area contributed by atoms with Gasteiger partial charge in [0.05, 0.1) is 11.9 Å². The Bertz CT molecular complexity index is 658. The highest BCUT2D eigenvalue weighted by molar-refractivity contribution is 5.94. The molecule has 1 saturated heterocycles. The normalized spacial score (nSPS) is 21.5. The summed E-state index contributed by atoms with van der Waals surface area (Å²) >= 11 is 0. The second-order valence-electron chi connectivity index (χ2n) is 5.83. The molecule has 0 unspecified atom stereocenters. The molecule has 0 bridgehead atoms. The molecular formula is C16H20N4O3. The fourth-order valence-electron chi connectivity index (χ4n) is 2.92. The van der Waals surface area contributed by atoms with E-state index in [9.17, 15) is 9.90 Å². The molecule has 1 aliphatic heterocycles. The molecule has 7 heteroatoms. The molecule has 0 saturated carbocycles. The van der Waals surface area contributed by atoms with Crippen LogP contribution in [-0.2, 0) is 6.54 Å². The topological polar surface area (TPSA) is 91.5 Å². The molecule has 0 aliphatic carbocycles. The van der Waals surface area contributed by atoms with E-state index >= 15 is 0 Å². The van der Waals surface area contributed by atoms with Crippen molar-refractivity contribution in [3.8, 4) is 0 Å². The van der Waals surface area contributed by atoms with Crippen LogP contribution in [0.3, 0.4) is 0 Å². The highest BCUT2D eigenvalue weighted by Crippen LogP contribution is 2.19. The Morgan fingerprint density at radius 1 is 1.48 bits per heavy atom. The third kappa shape index (κ3) is 3.57. The number of aliphatic hydroxyl groups is 1. The minimum absolute atomic E-state index is 0.00262. The molecule has 3 heterocycles. The van der Waals surface area contributed by atoms with Gasteiger partial charge in [-0.1, -0.05) is 11.2 Å². The van der Waals surface area contributed by atoms with Crippen LogP contribution in [0.5, 0.6) is 0 Å². The number of nitrogens with one attached hydrogen (secondary N) is 1. The molecule has 0 radical (unpaired) electrons. The molecule has 1 amide bonds. The summed E-state index contributed by atoms with van der Waals surface area (Å²) in [5.74, 6) is 0.279. The number of nitrogens with zero attached hydrogens (tertiary/aromatic N) is 3. The summed E-state index contributed by atoms with van der Waals surface area (Å²) in [5.41, 5.74) is 1.41. The summed E-state index contributed by atoms with van der Waals surface area (Å²) in [7, 11) is 0. The second kappa shape index (κ2) is 6.89. The van der Waals surface area contributed by atoms with Crippen LogP contribution >= 0.6 is 0 Å². The Morgan fingerprint density at radius 3 is 3.00 bits per heavy atom. The lowest BCUT2D eigenvalue weighted by Gasteiger charge is -2.17. The number of amides is 1. The van der Waals surface area contributed by atoms with Gasteiger partial charge in [-0.3, -0.25) is 14.7 Å². The highest BCUT2D eigenvalue weighted by atomic mass is 16.5. The SMILES string of the molecule is Cc1oncc1C(=O)N[C@@H]1CN(Cc2ccccn2)C[C@H]1CO. The van der Waals surface area contributed by atoms with Crippen molar-refractivity contribution in [1.82, 2.24) is 20.4 Å². The molecule has 0 aromatic carbocycles. The van der Waals surface area contributed by atoms with Crippen molar-refractivity contribution >= 4 is 5.91 Å². The number of carbonyl (C=O) groups is 1. The standard InChI is InChI=1S/C16H20N4O3/c1-11-14(6-18-23-11)16(22)19-15-9-20(7-12(15)10-21)8-13-4-2-3-5-17-13/h2-6,12,15,21H,7-10H2,1H3,(H,19,22)/t12-,15+/m0/s1. The zero-order valence-corrected chi connectivity index (χ0v) is 13.0. The first-order valence-electron chi connectivity index (χ1n) is 7.62. The van der Waals surface area contributed by atoms with Crippen LogP contribution in [0, 0.1) is 12.8 Å². The van der Waals surface area contributed by atoms with Crippen molar-refractivity contribution in [3.63, 3.8) is 0 Å². The van der Waals surface area contributed by atoms with E-state index in [0.717, 1.165) is 12.2 Å². The van der Waals surface area contributed by atoms with E-state index in [4.69, 9.17) is 4.52 Å². The summed E-state index contributed by atoms with van der Waals surface area (Å²) in [6.07, 6.45) is 3.18. The van der Waals surface area contributed by atoms with E-state index in [1.54, 1.807) is 13.1 Å². The molecule has 0 spiro atoms. The lowest BCUT2D eigenvalue weighted by molar-refractivity contribution is 0.0919. The highest BCUT2D eigenvalue weighted by Gasteiger charge is 2.34. The molecule has 122 valence electrons. The van der Waals surface area contributed by atoms with Crippen molar-refractivity contribution in [2.75, 3.05) is 19.7 Å². The number of aromatic nitrogens is 2.